The van der Waals surface area contributed by atoms with E-state index in [2.05, 4.69) is 206 Å². The predicted molar refractivity (Wildman–Crippen MR) is 277 cm³/mol. The molecule has 0 saturated heterocycles. The van der Waals surface area contributed by atoms with E-state index < -0.39 is 0 Å². The second kappa shape index (κ2) is 12.8. The first-order valence-corrected chi connectivity index (χ1v) is 23.2. The first-order valence-electron chi connectivity index (χ1n) is 23.2. The number of fused-ring (bicyclic) bond motifs is 14. The van der Waals surface area contributed by atoms with Gasteiger partial charge in [-0.05, 0) is 128 Å². The Morgan fingerprint density at radius 1 is 0.538 bits per heavy atom. The van der Waals surface area contributed by atoms with Gasteiger partial charge in [0.1, 0.15) is 22.3 Å². The molecular weight excluding hydrogens is 791 g/mol. The van der Waals surface area contributed by atoms with Gasteiger partial charge in [-0.3, -0.25) is 0 Å². The van der Waals surface area contributed by atoms with Crippen molar-refractivity contribution >= 4 is 95.3 Å². The summed E-state index contributed by atoms with van der Waals surface area (Å²) in [6.07, 6.45) is 0. The lowest BCUT2D eigenvalue weighted by Gasteiger charge is -2.27. The first kappa shape index (κ1) is 38.5. The van der Waals surface area contributed by atoms with E-state index >= 15 is 0 Å². The minimum Gasteiger partial charge on any atom is -0.456 e. The van der Waals surface area contributed by atoms with Crippen molar-refractivity contribution < 1.29 is 8.83 Å². The van der Waals surface area contributed by atoms with Gasteiger partial charge in [-0.25, -0.2) is 0 Å². The van der Waals surface area contributed by atoms with Crippen molar-refractivity contribution in [1.29, 1.82) is 0 Å². The van der Waals surface area contributed by atoms with Crippen molar-refractivity contribution in [3.63, 3.8) is 0 Å². The lowest BCUT2D eigenvalue weighted by molar-refractivity contribution is 0.584. The van der Waals surface area contributed by atoms with Gasteiger partial charge in [0.2, 0.25) is 0 Å². The average molecular weight is 843 g/mol. The third-order valence-corrected chi connectivity index (χ3v) is 15.0. The second-order valence-electron chi connectivity index (χ2n) is 21.5. The fourth-order valence-electron chi connectivity index (χ4n) is 11.5. The van der Waals surface area contributed by atoms with Crippen molar-refractivity contribution in [2.75, 3.05) is 5.32 Å². The summed E-state index contributed by atoms with van der Waals surface area (Å²) in [5.74, 6) is 0. The summed E-state index contributed by atoms with van der Waals surface area (Å²) in [5, 5.41) is 11.0. The summed E-state index contributed by atoms with van der Waals surface area (Å²) in [6, 6.07) is 49.9. The molecule has 0 amide bonds. The van der Waals surface area contributed by atoms with Crippen molar-refractivity contribution in [1.82, 2.24) is 4.57 Å². The standard InChI is InChI=1S/C60H51BN2O2/c1-32-24-43(40-26-39-36-23-20-34(59(5,6)7)25-45(36)60(8,9)46(39)30-48(40)62-35-21-18-33(19-22-35)58(2,3)4)56-57-55(32)44-29-53-41(37-14-10-12-16-51(37)64-53)27-49(44)63(57)50-28-42-38-15-11-13-17-52(38)65-54(42)31-47(50)61-56/h10-31,61-62H,1-9H3. The Morgan fingerprint density at radius 3 is 1.86 bits per heavy atom. The molecule has 0 saturated carbocycles. The number of benzene rings is 8. The molecule has 8 aromatic carbocycles. The van der Waals surface area contributed by atoms with Crippen LogP contribution >= 0.6 is 0 Å². The number of rotatable bonds is 3. The molecule has 4 heterocycles. The van der Waals surface area contributed by atoms with E-state index in [1.807, 2.05) is 0 Å². The number of nitrogens with zero attached hydrogens (tertiary/aromatic N) is 1. The zero-order valence-electron chi connectivity index (χ0n) is 38.7. The summed E-state index contributed by atoms with van der Waals surface area (Å²) in [5.41, 5.74) is 23.8. The number of hydrogen-bond donors (Lipinski definition) is 1. The molecule has 0 radical (unpaired) electrons. The minimum absolute atomic E-state index is 0.0466. The fourth-order valence-corrected chi connectivity index (χ4v) is 11.5. The summed E-state index contributed by atoms with van der Waals surface area (Å²) in [7, 11) is 0.762. The van der Waals surface area contributed by atoms with Gasteiger partial charge < -0.3 is 18.7 Å². The van der Waals surface area contributed by atoms with Gasteiger partial charge in [-0.15, -0.1) is 0 Å². The van der Waals surface area contributed by atoms with Gasteiger partial charge in [0.25, 0.3) is 0 Å². The Kier molecular flexibility index (Phi) is 7.61. The number of para-hydroxylation sites is 2. The second-order valence-corrected chi connectivity index (χ2v) is 21.5. The zero-order valence-corrected chi connectivity index (χ0v) is 38.7. The smallest absolute Gasteiger partial charge is 0.198 e. The summed E-state index contributed by atoms with van der Waals surface area (Å²) >= 11 is 0. The maximum atomic E-state index is 6.59. The molecule has 0 bridgehead atoms. The van der Waals surface area contributed by atoms with Crippen LogP contribution in [0.2, 0.25) is 0 Å². The van der Waals surface area contributed by atoms with Crippen LogP contribution in [0.1, 0.15) is 83.2 Å². The predicted octanol–water partition coefficient (Wildman–Crippen LogP) is 14.9. The van der Waals surface area contributed by atoms with E-state index in [9.17, 15) is 0 Å². The number of furan rings is 2. The number of anilines is 2. The van der Waals surface area contributed by atoms with Gasteiger partial charge in [-0.2, -0.15) is 0 Å². The molecule has 316 valence electrons. The Labute approximate surface area is 380 Å². The average Bonchev–Trinajstić information content (AvgIpc) is 3.99. The van der Waals surface area contributed by atoms with Gasteiger partial charge in [0, 0.05) is 65.9 Å². The van der Waals surface area contributed by atoms with Crippen molar-refractivity contribution in [3.8, 4) is 27.9 Å². The van der Waals surface area contributed by atoms with Crippen LogP contribution in [-0.4, -0.2) is 11.8 Å². The van der Waals surface area contributed by atoms with Crippen LogP contribution in [0.25, 0.3) is 93.6 Å². The molecule has 0 spiro atoms. The first-order chi connectivity index (χ1) is 31.1. The Morgan fingerprint density at radius 2 is 1.17 bits per heavy atom. The molecule has 11 aromatic rings. The largest absolute Gasteiger partial charge is 0.456 e. The zero-order chi connectivity index (χ0) is 44.5. The molecule has 1 N–H and O–H groups in total. The van der Waals surface area contributed by atoms with E-state index in [0.29, 0.717) is 0 Å². The maximum absolute atomic E-state index is 6.59. The Hall–Kier alpha value is -6.98. The topological polar surface area (TPSA) is 43.2 Å². The van der Waals surface area contributed by atoms with Gasteiger partial charge in [-0.1, -0.05) is 134 Å². The number of nitrogens with one attached hydrogen (secondary N) is 1. The fraction of sp³-hybridized carbons (Fsp3) is 0.200. The van der Waals surface area contributed by atoms with Crippen LogP contribution in [0.5, 0.6) is 0 Å². The normalized spacial score (nSPS) is 14.2. The van der Waals surface area contributed by atoms with Crippen molar-refractivity contribution in [2.24, 2.45) is 0 Å². The molecular formula is C60H51BN2O2. The summed E-state index contributed by atoms with van der Waals surface area (Å²) in [4.78, 5) is 0. The highest BCUT2D eigenvalue weighted by molar-refractivity contribution is 6.74. The van der Waals surface area contributed by atoms with E-state index in [1.54, 1.807) is 0 Å². The highest BCUT2D eigenvalue weighted by Gasteiger charge is 2.38. The van der Waals surface area contributed by atoms with Crippen LogP contribution in [0.3, 0.4) is 0 Å². The number of hydrogen-bond acceptors (Lipinski definition) is 3. The van der Waals surface area contributed by atoms with E-state index in [4.69, 9.17) is 8.83 Å². The van der Waals surface area contributed by atoms with Crippen LogP contribution in [0.4, 0.5) is 11.4 Å². The van der Waals surface area contributed by atoms with Crippen molar-refractivity contribution in [2.45, 2.75) is 78.6 Å². The Bertz CT molecular complexity index is 3880. The molecule has 1 aliphatic carbocycles. The maximum Gasteiger partial charge on any atom is 0.198 e. The SMILES string of the molecule is Cc1cc(-c2cc3c(cc2Nc2ccc(C(C)(C)C)cc2)C(C)(C)c2cc(C(C)(C)C)ccc2-3)c2c3c1c1cc4oc5ccccc5c4cc1n3-c1cc3c(cc1B2)oc1ccccc13. The number of aromatic nitrogens is 1. The van der Waals surface area contributed by atoms with E-state index in [-0.39, 0.29) is 16.2 Å². The lowest BCUT2D eigenvalue weighted by Crippen LogP contribution is -2.37. The molecule has 65 heavy (non-hydrogen) atoms. The molecule has 0 atom stereocenters. The van der Waals surface area contributed by atoms with Gasteiger partial charge in [0.15, 0.2) is 7.28 Å². The quantitative estimate of drug-likeness (QED) is 0.180. The molecule has 5 heteroatoms. The molecule has 2 aliphatic rings. The van der Waals surface area contributed by atoms with Crippen molar-refractivity contribution in [3.05, 3.63) is 161 Å². The highest BCUT2D eigenvalue weighted by Crippen LogP contribution is 2.53. The van der Waals surface area contributed by atoms with Crippen LogP contribution in [0.15, 0.2) is 142 Å². The van der Waals surface area contributed by atoms with Gasteiger partial charge >= 0.3 is 0 Å². The third-order valence-electron chi connectivity index (χ3n) is 15.0. The monoisotopic (exact) mass is 842 g/mol. The Balaban J connectivity index is 1.12. The van der Waals surface area contributed by atoms with Crippen LogP contribution in [0, 0.1) is 6.92 Å². The molecule has 0 fully saturated rings. The molecule has 3 aromatic heterocycles. The third kappa shape index (κ3) is 5.45. The van der Waals surface area contributed by atoms with Crippen LogP contribution in [-0.2, 0) is 16.2 Å². The highest BCUT2D eigenvalue weighted by atomic mass is 16.3. The van der Waals surface area contributed by atoms with E-state index in [1.165, 1.54) is 88.5 Å². The van der Waals surface area contributed by atoms with Gasteiger partial charge in [0.05, 0.1) is 5.52 Å². The molecule has 13 rings (SSSR count). The minimum atomic E-state index is -0.185. The lowest BCUT2D eigenvalue weighted by atomic mass is 9.58. The number of aryl methyl sites for hydroxylation is 1. The molecule has 0 unspecified atom stereocenters. The summed E-state index contributed by atoms with van der Waals surface area (Å²) < 4.78 is 15.7. The molecule has 1 aliphatic heterocycles. The summed E-state index contributed by atoms with van der Waals surface area (Å²) in [6.45, 7) is 20.9. The molecule has 4 nitrogen and oxygen atoms in total. The van der Waals surface area contributed by atoms with Crippen LogP contribution < -0.4 is 16.2 Å². The van der Waals surface area contributed by atoms with E-state index in [0.717, 1.165) is 62.5 Å².